The van der Waals surface area contributed by atoms with E-state index in [2.05, 4.69) is 235 Å². The van der Waals surface area contributed by atoms with Gasteiger partial charge >= 0.3 is 0 Å². The molecule has 0 saturated heterocycles. The Morgan fingerprint density at radius 3 is 1.26 bits per heavy atom. The Bertz CT molecular complexity index is 3800. The highest BCUT2D eigenvalue weighted by Crippen LogP contribution is 2.63. The quantitative estimate of drug-likeness (QED) is 0.167. The minimum Gasteiger partial charge on any atom is -0.278 e. The molecule has 0 radical (unpaired) electrons. The predicted molar refractivity (Wildman–Crippen MR) is 278 cm³/mol. The van der Waals surface area contributed by atoms with Crippen LogP contribution in [0, 0.1) is 0 Å². The molecule has 0 amide bonds. The summed E-state index contributed by atoms with van der Waals surface area (Å²) in [7, 11) is 0. The minimum absolute atomic E-state index is 0.391. The van der Waals surface area contributed by atoms with Crippen LogP contribution in [0.15, 0.2) is 243 Å². The van der Waals surface area contributed by atoms with Gasteiger partial charge in [0.2, 0.25) is 5.95 Å². The maximum absolute atomic E-state index is 5.33. The van der Waals surface area contributed by atoms with Gasteiger partial charge in [-0.1, -0.05) is 224 Å². The topological polar surface area (TPSA) is 43.6 Å². The third-order valence-electron chi connectivity index (χ3n) is 14.3. The summed E-state index contributed by atoms with van der Waals surface area (Å²) < 4.78 is 2.23. The van der Waals surface area contributed by atoms with Gasteiger partial charge in [-0.15, -0.1) is 0 Å². The van der Waals surface area contributed by atoms with Crippen molar-refractivity contribution in [2.75, 3.05) is 0 Å². The fourth-order valence-corrected chi connectivity index (χ4v) is 11.4. The summed E-state index contributed by atoms with van der Waals surface area (Å²) in [5.74, 6) is 1.79. The molecule has 2 aliphatic carbocycles. The first kappa shape index (κ1) is 38.3. The molecule has 68 heavy (non-hydrogen) atoms. The lowest BCUT2D eigenvalue weighted by atomic mass is 9.70. The van der Waals surface area contributed by atoms with E-state index in [4.69, 9.17) is 15.0 Å². The first-order valence-electron chi connectivity index (χ1n) is 23.3. The maximum Gasteiger partial charge on any atom is 0.238 e. The van der Waals surface area contributed by atoms with Crippen molar-refractivity contribution < 1.29 is 0 Å². The summed E-state index contributed by atoms with van der Waals surface area (Å²) in [5.41, 5.74) is 21.0. The molecular weight excluding hydrogens is 825 g/mol. The number of fused-ring (bicyclic) bond motifs is 13. The molecule has 2 aromatic heterocycles. The van der Waals surface area contributed by atoms with Crippen molar-refractivity contribution in [3.05, 3.63) is 265 Å². The minimum atomic E-state index is -0.391. The van der Waals surface area contributed by atoms with E-state index in [1.54, 1.807) is 0 Å². The van der Waals surface area contributed by atoms with Crippen molar-refractivity contribution in [3.63, 3.8) is 0 Å². The van der Waals surface area contributed by atoms with E-state index in [1.165, 1.54) is 44.5 Å². The summed E-state index contributed by atoms with van der Waals surface area (Å²) >= 11 is 0. The average molecular weight is 865 g/mol. The molecule has 0 atom stereocenters. The van der Waals surface area contributed by atoms with Gasteiger partial charge in [0.05, 0.1) is 16.4 Å². The second kappa shape index (κ2) is 15.0. The number of nitrogens with zero attached hydrogens (tertiary/aromatic N) is 4. The molecule has 0 aliphatic heterocycles. The van der Waals surface area contributed by atoms with Crippen LogP contribution >= 0.6 is 0 Å². The Labute approximate surface area is 394 Å². The monoisotopic (exact) mass is 864 g/mol. The molecule has 316 valence electrons. The van der Waals surface area contributed by atoms with E-state index >= 15 is 0 Å². The molecule has 10 aromatic carbocycles. The summed E-state index contributed by atoms with van der Waals surface area (Å²) in [6.07, 6.45) is 0. The van der Waals surface area contributed by atoms with E-state index in [-0.39, 0.29) is 0 Å². The van der Waals surface area contributed by atoms with Gasteiger partial charge in [0.15, 0.2) is 11.6 Å². The third-order valence-corrected chi connectivity index (χ3v) is 14.3. The van der Waals surface area contributed by atoms with Gasteiger partial charge in [-0.3, -0.25) is 4.57 Å². The van der Waals surface area contributed by atoms with E-state index in [0.29, 0.717) is 17.6 Å². The average Bonchev–Trinajstić information content (AvgIpc) is 4.03. The fourth-order valence-electron chi connectivity index (χ4n) is 11.4. The predicted octanol–water partition coefficient (Wildman–Crippen LogP) is 15.6. The highest BCUT2D eigenvalue weighted by atomic mass is 15.2. The lowest BCUT2D eigenvalue weighted by molar-refractivity contribution is 0.794. The van der Waals surface area contributed by atoms with Crippen LogP contribution in [0.5, 0.6) is 0 Å². The first-order valence-corrected chi connectivity index (χ1v) is 23.3. The van der Waals surface area contributed by atoms with Crippen molar-refractivity contribution >= 4 is 21.8 Å². The maximum atomic E-state index is 5.33. The van der Waals surface area contributed by atoms with Crippen molar-refractivity contribution in [1.29, 1.82) is 0 Å². The van der Waals surface area contributed by atoms with Crippen LogP contribution < -0.4 is 0 Å². The smallest absolute Gasteiger partial charge is 0.238 e. The van der Waals surface area contributed by atoms with Crippen LogP contribution in [0.2, 0.25) is 0 Å². The van der Waals surface area contributed by atoms with Gasteiger partial charge in [-0.25, -0.2) is 4.98 Å². The normalized spacial score (nSPS) is 12.8. The van der Waals surface area contributed by atoms with E-state index in [1.807, 2.05) is 12.1 Å². The van der Waals surface area contributed by atoms with Gasteiger partial charge in [-0.05, 0) is 96.1 Å². The molecule has 12 aromatic rings. The number of rotatable bonds is 6. The molecule has 4 nitrogen and oxygen atoms in total. The summed E-state index contributed by atoms with van der Waals surface area (Å²) in [4.78, 5) is 15.9. The first-order chi connectivity index (χ1) is 33.7. The van der Waals surface area contributed by atoms with Gasteiger partial charge < -0.3 is 0 Å². The molecule has 1 spiro atoms. The Kier molecular flexibility index (Phi) is 8.46. The van der Waals surface area contributed by atoms with Crippen LogP contribution in [0.1, 0.15) is 22.3 Å². The highest BCUT2D eigenvalue weighted by Gasteiger charge is 2.51. The molecule has 2 heterocycles. The zero-order valence-corrected chi connectivity index (χ0v) is 36.9. The second-order valence-corrected chi connectivity index (χ2v) is 17.9. The van der Waals surface area contributed by atoms with Crippen molar-refractivity contribution in [1.82, 2.24) is 19.5 Å². The zero-order valence-electron chi connectivity index (χ0n) is 36.9. The lowest BCUT2D eigenvalue weighted by Crippen LogP contribution is -2.25. The molecule has 2 aliphatic rings. The largest absolute Gasteiger partial charge is 0.278 e. The number of hydrogen-bond acceptors (Lipinski definition) is 3. The van der Waals surface area contributed by atoms with Gasteiger partial charge in [0.25, 0.3) is 0 Å². The van der Waals surface area contributed by atoms with E-state index < -0.39 is 5.41 Å². The van der Waals surface area contributed by atoms with Crippen LogP contribution in [0.25, 0.3) is 106 Å². The SMILES string of the molecule is c1ccc(-c2ccc(-c3nc(-c4ccc(-c5ccccc5)cc4)nc(-n4c5ccccc5c5c(-c6ccc7c(c6)-c6ccccc6C76c7ccccc7-c7ccccc76)cccc54)n3)cc2)cc1. The van der Waals surface area contributed by atoms with Crippen molar-refractivity contribution in [3.8, 4) is 84.4 Å². The lowest BCUT2D eigenvalue weighted by Gasteiger charge is -2.30. The number of hydrogen-bond donors (Lipinski definition) is 0. The van der Waals surface area contributed by atoms with E-state index in [9.17, 15) is 0 Å². The zero-order chi connectivity index (χ0) is 44.8. The van der Waals surface area contributed by atoms with E-state index in [0.717, 1.165) is 66.3 Å². The Balaban J connectivity index is 0.955. The highest BCUT2D eigenvalue weighted by molar-refractivity contribution is 6.16. The second-order valence-electron chi connectivity index (χ2n) is 17.9. The Hall–Kier alpha value is -8.99. The van der Waals surface area contributed by atoms with Crippen LogP contribution in [0.3, 0.4) is 0 Å². The summed E-state index contributed by atoms with van der Waals surface area (Å²) in [6, 6.07) is 87.5. The number of para-hydroxylation sites is 1. The molecular formula is C64H40N4. The summed E-state index contributed by atoms with van der Waals surface area (Å²) in [5, 5.41) is 2.29. The molecule has 0 fully saturated rings. The molecule has 0 saturated carbocycles. The Morgan fingerprint density at radius 1 is 0.279 bits per heavy atom. The van der Waals surface area contributed by atoms with Crippen LogP contribution in [-0.4, -0.2) is 19.5 Å². The molecule has 0 bridgehead atoms. The summed E-state index contributed by atoms with van der Waals surface area (Å²) in [6.45, 7) is 0. The van der Waals surface area contributed by atoms with Crippen molar-refractivity contribution in [2.24, 2.45) is 0 Å². The number of aromatic nitrogens is 4. The third kappa shape index (κ3) is 5.64. The molecule has 4 heteroatoms. The molecule has 0 unspecified atom stereocenters. The standard InChI is InChI=1S/C64H40N4/c1-3-16-41(17-4-1)43-30-34-45(35-31-43)61-65-62(46-36-32-44(33-37-46)42-18-5-2-6-19-42)67-63(66-61)68-58-28-14-10-23-52(58)60-48(24-15-29-59(60)68)47-38-39-57-53(40-47)51-22-9-13-27-56(51)64(57)54-25-11-7-20-49(54)50-21-8-12-26-55(50)64/h1-40H. The van der Waals surface area contributed by atoms with Gasteiger partial charge in [0, 0.05) is 21.9 Å². The van der Waals surface area contributed by atoms with Gasteiger partial charge in [-0.2, -0.15) is 9.97 Å². The number of benzene rings is 10. The van der Waals surface area contributed by atoms with Crippen LogP contribution in [0.4, 0.5) is 0 Å². The Morgan fingerprint density at radius 2 is 0.691 bits per heavy atom. The van der Waals surface area contributed by atoms with Crippen molar-refractivity contribution in [2.45, 2.75) is 5.41 Å². The fraction of sp³-hybridized carbons (Fsp3) is 0.0156. The molecule has 0 N–H and O–H groups in total. The van der Waals surface area contributed by atoms with Crippen LogP contribution in [-0.2, 0) is 5.41 Å². The molecule has 14 rings (SSSR count). The van der Waals surface area contributed by atoms with Gasteiger partial charge in [0.1, 0.15) is 0 Å².